The van der Waals surface area contributed by atoms with Crippen molar-refractivity contribution in [3.05, 3.63) is 29.6 Å². The second-order valence-electron chi connectivity index (χ2n) is 5.55. The molecule has 0 fully saturated rings. The molecule has 0 atom stereocenters. The van der Waals surface area contributed by atoms with Gasteiger partial charge in [-0.1, -0.05) is 33.8 Å². The van der Waals surface area contributed by atoms with Gasteiger partial charge in [0.25, 0.3) is 0 Å². The smallest absolute Gasteiger partial charge is 0.243 e. The Labute approximate surface area is 120 Å². The Balaban J connectivity index is 2.95. The zero-order chi connectivity index (χ0) is 15.3. The third kappa shape index (κ3) is 5.19. The summed E-state index contributed by atoms with van der Waals surface area (Å²) in [6.07, 6.45) is 0. The number of halogens is 1. The molecule has 0 amide bonds. The minimum atomic E-state index is -3.80. The SMILES string of the molecule is CC(C)CNS(=O)(=O)c1cc(CNC(C)C)ccc1F. The molecule has 0 spiro atoms. The van der Waals surface area contributed by atoms with Crippen LogP contribution in [0, 0.1) is 11.7 Å². The molecular weight excluding hydrogens is 279 g/mol. The summed E-state index contributed by atoms with van der Waals surface area (Å²) in [6.45, 7) is 8.56. The summed E-state index contributed by atoms with van der Waals surface area (Å²) < 4.78 is 40.3. The number of sulfonamides is 1. The third-order valence-electron chi connectivity index (χ3n) is 2.68. The van der Waals surface area contributed by atoms with Gasteiger partial charge in [-0.05, 0) is 23.6 Å². The Bertz CT molecular complexity index is 542. The van der Waals surface area contributed by atoms with E-state index in [1.807, 2.05) is 27.7 Å². The van der Waals surface area contributed by atoms with Crippen LogP contribution in [0.25, 0.3) is 0 Å². The third-order valence-corrected chi connectivity index (χ3v) is 4.12. The topological polar surface area (TPSA) is 58.2 Å². The van der Waals surface area contributed by atoms with Crippen molar-refractivity contribution in [2.24, 2.45) is 5.92 Å². The molecule has 0 aromatic heterocycles. The van der Waals surface area contributed by atoms with Crippen LogP contribution in [-0.4, -0.2) is 21.0 Å². The maximum absolute atomic E-state index is 13.7. The Morgan fingerprint density at radius 2 is 1.85 bits per heavy atom. The highest BCUT2D eigenvalue weighted by atomic mass is 32.2. The zero-order valence-corrected chi connectivity index (χ0v) is 13.2. The molecule has 0 radical (unpaired) electrons. The van der Waals surface area contributed by atoms with E-state index in [1.54, 1.807) is 6.07 Å². The first kappa shape index (κ1) is 17.1. The number of benzene rings is 1. The normalized spacial score (nSPS) is 12.3. The van der Waals surface area contributed by atoms with Gasteiger partial charge in [0.1, 0.15) is 10.7 Å². The van der Waals surface area contributed by atoms with E-state index in [0.717, 1.165) is 5.56 Å². The van der Waals surface area contributed by atoms with Gasteiger partial charge in [0.05, 0.1) is 0 Å². The average molecular weight is 302 g/mol. The highest BCUT2D eigenvalue weighted by molar-refractivity contribution is 7.89. The molecule has 114 valence electrons. The molecule has 0 bridgehead atoms. The summed E-state index contributed by atoms with van der Waals surface area (Å²) >= 11 is 0. The van der Waals surface area contributed by atoms with Gasteiger partial charge in [0.15, 0.2) is 0 Å². The van der Waals surface area contributed by atoms with Crippen LogP contribution >= 0.6 is 0 Å². The van der Waals surface area contributed by atoms with Crippen molar-refractivity contribution in [2.45, 2.75) is 45.2 Å². The van der Waals surface area contributed by atoms with Crippen LogP contribution in [0.3, 0.4) is 0 Å². The molecule has 0 aliphatic rings. The lowest BCUT2D eigenvalue weighted by Crippen LogP contribution is -2.28. The predicted octanol–water partition coefficient (Wildman–Crippen LogP) is 2.26. The highest BCUT2D eigenvalue weighted by Gasteiger charge is 2.19. The fourth-order valence-corrected chi connectivity index (χ4v) is 2.88. The minimum Gasteiger partial charge on any atom is -0.310 e. The number of nitrogens with one attached hydrogen (secondary N) is 2. The molecule has 1 aromatic rings. The second-order valence-corrected chi connectivity index (χ2v) is 7.28. The van der Waals surface area contributed by atoms with Gasteiger partial charge in [0, 0.05) is 19.1 Å². The standard InChI is InChI=1S/C14H23FN2O2S/c1-10(2)8-17-20(18,19)14-7-12(5-6-13(14)15)9-16-11(3)4/h5-7,10-11,16-17H,8-9H2,1-4H3. The van der Waals surface area contributed by atoms with E-state index in [4.69, 9.17) is 0 Å². The first-order valence-electron chi connectivity index (χ1n) is 6.74. The van der Waals surface area contributed by atoms with Crippen molar-refractivity contribution in [3.63, 3.8) is 0 Å². The van der Waals surface area contributed by atoms with Crippen molar-refractivity contribution in [3.8, 4) is 0 Å². The Kier molecular flexibility index (Phi) is 6.10. The molecule has 0 saturated carbocycles. The largest absolute Gasteiger partial charge is 0.310 e. The Hall–Kier alpha value is -0.980. The van der Waals surface area contributed by atoms with Gasteiger partial charge in [-0.25, -0.2) is 17.5 Å². The van der Waals surface area contributed by atoms with Crippen molar-refractivity contribution in [1.29, 1.82) is 0 Å². The summed E-state index contributed by atoms with van der Waals surface area (Å²) in [6, 6.07) is 4.44. The average Bonchev–Trinajstić information content (AvgIpc) is 2.35. The molecule has 4 nitrogen and oxygen atoms in total. The summed E-state index contributed by atoms with van der Waals surface area (Å²) in [7, 11) is -3.80. The lowest BCUT2D eigenvalue weighted by atomic mass is 10.2. The molecule has 0 aliphatic heterocycles. The maximum Gasteiger partial charge on any atom is 0.243 e. The quantitative estimate of drug-likeness (QED) is 0.812. The van der Waals surface area contributed by atoms with Gasteiger partial charge in [-0.2, -0.15) is 0 Å². The Morgan fingerprint density at radius 1 is 1.20 bits per heavy atom. The van der Waals surface area contributed by atoms with Crippen LogP contribution in [-0.2, 0) is 16.6 Å². The first-order chi connectivity index (χ1) is 9.22. The summed E-state index contributed by atoms with van der Waals surface area (Å²) in [4.78, 5) is -0.291. The van der Waals surface area contributed by atoms with Gasteiger partial charge in [-0.3, -0.25) is 0 Å². The number of rotatable bonds is 7. The van der Waals surface area contributed by atoms with Crippen LogP contribution in [0.4, 0.5) is 4.39 Å². The molecule has 1 aromatic carbocycles. The highest BCUT2D eigenvalue weighted by Crippen LogP contribution is 2.16. The molecule has 0 unspecified atom stereocenters. The zero-order valence-electron chi connectivity index (χ0n) is 12.4. The molecular formula is C14H23FN2O2S. The van der Waals surface area contributed by atoms with Crippen LogP contribution in [0.5, 0.6) is 0 Å². The molecule has 1 rings (SSSR count). The molecule has 0 aliphatic carbocycles. The van der Waals surface area contributed by atoms with Gasteiger partial charge >= 0.3 is 0 Å². The monoisotopic (exact) mass is 302 g/mol. The van der Waals surface area contributed by atoms with E-state index < -0.39 is 15.8 Å². The predicted molar refractivity (Wildman–Crippen MR) is 78.4 cm³/mol. The van der Waals surface area contributed by atoms with E-state index in [9.17, 15) is 12.8 Å². The summed E-state index contributed by atoms with van der Waals surface area (Å²) in [5, 5.41) is 3.17. The fourth-order valence-electron chi connectivity index (χ4n) is 1.54. The molecule has 0 saturated heterocycles. The first-order valence-corrected chi connectivity index (χ1v) is 8.22. The maximum atomic E-state index is 13.7. The Morgan fingerprint density at radius 3 is 2.40 bits per heavy atom. The lowest BCUT2D eigenvalue weighted by molar-refractivity contribution is 0.541. The molecule has 0 heterocycles. The van der Waals surface area contributed by atoms with Crippen LogP contribution < -0.4 is 10.0 Å². The van der Waals surface area contributed by atoms with Crippen molar-refractivity contribution >= 4 is 10.0 Å². The van der Waals surface area contributed by atoms with E-state index in [2.05, 4.69) is 10.0 Å². The van der Waals surface area contributed by atoms with Crippen molar-refractivity contribution < 1.29 is 12.8 Å². The molecule has 20 heavy (non-hydrogen) atoms. The summed E-state index contributed by atoms with van der Waals surface area (Å²) in [5.41, 5.74) is 0.741. The van der Waals surface area contributed by atoms with E-state index >= 15 is 0 Å². The molecule has 2 N–H and O–H groups in total. The van der Waals surface area contributed by atoms with E-state index in [-0.39, 0.29) is 23.4 Å². The van der Waals surface area contributed by atoms with Gasteiger partial charge in [0.2, 0.25) is 10.0 Å². The second kappa shape index (κ2) is 7.15. The number of hydrogen-bond donors (Lipinski definition) is 2. The van der Waals surface area contributed by atoms with Gasteiger partial charge in [-0.15, -0.1) is 0 Å². The van der Waals surface area contributed by atoms with E-state index in [1.165, 1.54) is 12.1 Å². The lowest BCUT2D eigenvalue weighted by Gasteiger charge is -2.12. The fraction of sp³-hybridized carbons (Fsp3) is 0.571. The van der Waals surface area contributed by atoms with Crippen LogP contribution in [0.2, 0.25) is 0 Å². The van der Waals surface area contributed by atoms with Gasteiger partial charge < -0.3 is 5.32 Å². The number of hydrogen-bond acceptors (Lipinski definition) is 3. The van der Waals surface area contributed by atoms with Crippen LogP contribution in [0.15, 0.2) is 23.1 Å². The van der Waals surface area contributed by atoms with Crippen LogP contribution in [0.1, 0.15) is 33.3 Å². The van der Waals surface area contributed by atoms with Crippen molar-refractivity contribution in [2.75, 3.05) is 6.54 Å². The molecule has 6 heteroatoms. The van der Waals surface area contributed by atoms with E-state index in [0.29, 0.717) is 6.54 Å². The summed E-state index contributed by atoms with van der Waals surface area (Å²) in [5.74, 6) is -0.562. The minimum absolute atomic E-state index is 0.165. The van der Waals surface area contributed by atoms with Crippen molar-refractivity contribution in [1.82, 2.24) is 10.0 Å².